The van der Waals surface area contributed by atoms with E-state index in [2.05, 4.69) is 28.6 Å². The Kier molecular flexibility index (Phi) is 5.23. The van der Waals surface area contributed by atoms with Crippen LogP contribution in [-0.4, -0.2) is 16.9 Å². The number of pyridine rings is 1. The number of nitrogens with zero attached hydrogens (tertiary/aromatic N) is 2. The summed E-state index contributed by atoms with van der Waals surface area (Å²) in [7, 11) is 0. The zero-order valence-corrected chi connectivity index (χ0v) is 16.7. The van der Waals surface area contributed by atoms with Gasteiger partial charge in [0.15, 0.2) is 0 Å². The number of carbonyl (C=O) groups is 1. The summed E-state index contributed by atoms with van der Waals surface area (Å²) in [6.07, 6.45) is 0. The van der Waals surface area contributed by atoms with E-state index in [4.69, 9.17) is 0 Å². The lowest BCUT2D eigenvalue weighted by Gasteiger charge is -2.29. The number of carbonyl (C=O) groups excluding carboxylic acids is 1. The van der Waals surface area contributed by atoms with Crippen molar-refractivity contribution in [1.82, 2.24) is 4.98 Å². The Bertz CT molecular complexity index is 929. The van der Waals surface area contributed by atoms with Crippen LogP contribution in [0.5, 0.6) is 0 Å². The highest BCUT2D eigenvalue weighted by Crippen LogP contribution is 2.27. The maximum absolute atomic E-state index is 13.4. The highest BCUT2D eigenvalue weighted by atomic mass is 32.1. The molecule has 3 rings (SSSR count). The second-order valence-electron chi connectivity index (χ2n) is 6.90. The van der Waals surface area contributed by atoms with Crippen molar-refractivity contribution < 1.29 is 4.79 Å². The van der Waals surface area contributed by atoms with Gasteiger partial charge in [-0.15, -0.1) is 0 Å². The van der Waals surface area contributed by atoms with Crippen LogP contribution in [0.2, 0.25) is 0 Å². The first kappa shape index (κ1) is 18.3. The normalized spacial score (nSPS) is 11.0. The minimum Gasteiger partial charge on any atom is -0.306 e. The smallest absolute Gasteiger partial charge is 0.260 e. The van der Waals surface area contributed by atoms with Crippen LogP contribution in [0.1, 0.15) is 41.0 Å². The molecular formula is C22H24N2OS. The molecule has 1 amide bonds. The summed E-state index contributed by atoms with van der Waals surface area (Å²) >= 11 is 1.64. The number of rotatable bonds is 4. The fraction of sp³-hybridized carbons (Fsp3) is 0.273. The quantitative estimate of drug-likeness (QED) is 0.587. The molecule has 0 spiro atoms. The van der Waals surface area contributed by atoms with Crippen LogP contribution in [0.25, 0.3) is 11.3 Å². The minimum absolute atomic E-state index is 0.00410. The lowest BCUT2D eigenvalue weighted by atomic mass is 10.1. The molecule has 0 N–H and O–H groups in total. The Morgan fingerprint density at radius 1 is 1.08 bits per heavy atom. The van der Waals surface area contributed by atoms with Crippen molar-refractivity contribution in [3.8, 4) is 11.3 Å². The van der Waals surface area contributed by atoms with Crippen LogP contribution >= 0.6 is 11.3 Å². The summed E-state index contributed by atoms with van der Waals surface area (Å²) in [6.45, 7) is 10.1. The van der Waals surface area contributed by atoms with Crippen molar-refractivity contribution in [3.63, 3.8) is 0 Å². The Morgan fingerprint density at radius 2 is 1.85 bits per heavy atom. The molecule has 134 valence electrons. The molecule has 0 bridgehead atoms. The maximum atomic E-state index is 13.4. The molecule has 0 unspecified atom stereocenters. The molecule has 1 aromatic carbocycles. The van der Waals surface area contributed by atoms with E-state index >= 15 is 0 Å². The molecule has 3 nitrogen and oxygen atoms in total. The summed E-state index contributed by atoms with van der Waals surface area (Å²) in [4.78, 5) is 19.9. The monoisotopic (exact) mass is 364 g/mol. The Hall–Kier alpha value is -2.46. The lowest BCUT2D eigenvalue weighted by Crippen LogP contribution is -2.38. The molecule has 0 saturated carbocycles. The number of benzene rings is 1. The van der Waals surface area contributed by atoms with Crippen molar-refractivity contribution in [1.29, 1.82) is 0 Å². The third-order valence-corrected chi connectivity index (χ3v) is 5.18. The third kappa shape index (κ3) is 3.56. The van der Waals surface area contributed by atoms with Crippen molar-refractivity contribution >= 4 is 22.9 Å². The van der Waals surface area contributed by atoms with Crippen LogP contribution in [0.3, 0.4) is 0 Å². The Labute approximate surface area is 159 Å². The average Bonchev–Trinajstić information content (AvgIpc) is 3.12. The summed E-state index contributed by atoms with van der Waals surface area (Å²) < 4.78 is 0. The molecule has 4 heteroatoms. The molecule has 2 heterocycles. The number of thiophene rings is 1. The van der Waals surface area contributed by atoms with Gasteiger partial charge in [0, 0.05) is 22.7 Å². The van der Waals surface area contributed by atoms with Gasteiger partial charge in [-0.1, -0.05) is 12.1 Å². The first-order chi connectivity index (χ1) is 12.4. The van der Waals surface area contributed by atoms with Gasteiger partial charge < -0.3 is 4.90 Å². The molecule has 0 aliphatic rings. The molecule has 2 aromatic heterocycles. The molecule has 0 radical (unpaired) electrons. The molecule has 0 atom stereocenters. The number of anilines is 1. The van der Waals surface area contributed by atoms with E-state index in [1.807, 2.05) is 63.1 Å². The predicted octanol–water partition coefficient (Wildman–Crippen LogP) is 5.79. The predicted molar refractivity (Wildman–Crippen MR) is 110 cm³/mol. The van der Waals surface area contributed by atoms with Crippen LogP contribution < -0.4 is 4.90 Å². The standard InChI is InChI=1S/C22H24N2OS/c1-14(2)24(21-12-15(3)6-7-16(21)4)22(25)19-8-9-20(23-17(19)5)18-10-11-26-13-18/h6-14H,1-5H3. The first-order valence-corrected chi connectivity index (χ1v) is 9.74. The van der Waals surface area contributed by atoms with E-state index < -0.39 is 0 Å². The summed E-state index contributed by atoms with van der Waals surface area (Å²) in [6, 6.07) is 12.2. The van der Waals surface area contributed by atoms with Gasteiger partial charge in [-0.05, 0) is 75.4 Å². The van der Waals surface area contributed by atoms with E-state index in [1.165, 1.54) is 0 Å². The highest BCUT2D eigenvalue weighted by molar-refractivity contribution is 7.08. The SMILES string of the molecule is Cc1ccc(C)c(N(C(=O)c2ccc(-c3ccsc3)nc2C)C(C)C)c1. The lowest BCUT2D eigenvalue weighted by molar-refractivity contribution is 0.0979. The van der Waals surface area contributed by atoms with Gasteiger partial charge in [0.2, 0.25) is 0 Å². The van der Waals surface area contributed by atoms with Gasteiger partial charge in [0.25, 0.3) is 5.91 Å². The zero-order valence-electron chi connectivity index (χ0n) is 15.9. The Balaban J connectivity index is 2.01. The van der Waals surface area contributed by atoms with Crippen LogP contribution in [0, 0.1) is 20.8 Å². The van der Waals surface area contributed by atoms with Crippen LogP contribution in [-0.2, 0) is 0 Å². The van der Waals surface area contributed by atoms with E-state index in [0.717, 1.165) is 33.8 Å². The Morgan fingerprint density at radius 3 is 2.46 bits per heavy atom. The minimum atomic E-state index is -0.00410. The molecular weight excluding hydrogens is 340 g/mol. The fourth-order valence-corrected chi connectivity index (χ4v) is 3.74. The third-order valence-electron chi connectivity index (χ3n) is 4.49. The average molecular weight is 365 g/mol. The van der Waals surface area contributed by atoms with Gasteiger partial charge >= 0.3 is 0 Å². The fourth-order valence-electron chi connectivity index (χ4n) is 3.09. The molecule has 3 aromatic rings. The van der Waals surface area contributed by atoms with Crippen molar-refractivity contribution in [2.75, 3.05) is 4.90 Å². The highest BCUT2D eigenvalue weighted by Gasteiger charge is 2.24. The van der Waals surface area contributed by atoms with Crippen LogP contribution in [0.4, 0.5) is 5.69 Å². The van der Waals surface area contributed by atoms with Crippen molar-refractivity contribution in [2.24, 2.45) is 0 Å². The van der Waals surface area contributed by atoms with E-state index in [1.54, 1.807) is 11.3 Å². The van der Waals surface area contributed by atoms with Gasteiger partial charge in [0.05, 0.1) is 17.0 Å². The largest absolute Gasteiger partial charge is 0.306 e. The number of hydrogen-bond acceptors (Lipinski definition) is 3. The second kappa shape index (κ2) is 7.42. The molecule has 26 heavy (non-hydrogen) atoms. The molecule has 0 aliphatic heterocycles. The van der Waals surface area contributed by atoms with Crippen molar-refractivity contribution in [3.05, 3.63) is 69.5 Å². The first-order valence-electron chi connectivity index (χ1n) is 8.79. The van der Waals surface area contributed by atoms with Gasteiger partial charge in [0.1, 0.15) is 0 Å². The zero-order chi connectivity index (χ0) is 18.8. The molecule has 0 aliphatic carbocycles. The van der Waals surface area contributed by atoms with E-state index in [-0.39, 0.29) is 11.9 Å². The summed E-state index contributed by atoms with van der Waals surface area (Å²) in [5, 5.41) is 4.10. The number of hydrogen-bond donors (Lipinski definition) is 0. The summed E-state index contributed by atoms with van der Waals surface area (Å²) in [5.74, 6) is -0.00410. The number of aryl methyl sites for hydroxylation is 3. The maximum Gasteiger partial charge on any atom is 0.260 e. The van der Waals surface area contributed by atoms with Gasteiger partial charge in [-0.3, -0.25) is 9.78 Å². The topological polar surface area (TPSA) is 33.2 Å². The van der Waals surface area contributed by atoms with Crippen molar-refractivity contribution in [2.45, 2.75) is 40.7 Å². The number of amides is 1. The number of aromatic nitrogens is 1. The van der Waals surface area contributed by atoms with Gasteiger partial charge in [-0.2, -0.15) is 11.3 Å². The summed E-state index contributed by atoms with van der Waals surface area (Å²) in [5.41, 5.74) is 6.61. The van der Waals surface area contributed by atoms with E-state index in [0.29, 0.717) is 5.56 Å². The van der Waals surface area contributed by atoms with E-state index in [9.17, 15) is 4.79 Å². The van der Waals surface area contributed by atoms with Crippen LogP contribution in [0.15, 0.2) is 47.2 Å². The second-order valence-corrected chi connectivity index (χ2v) is 7.68. The van der Waals surface area contributed by atoms with Gasteiger partial charge in [-0.25, -0.2) is 0 Å². The molecule has 0 fully saturated rings. The molecule has 0 saturated heterocycles.